The highest BCUT2D eigenvalue weighted by Crippen LogP contribution is 2.37. The molecule has 1 saturated heterocycles. The molecule has 0 aliphatic carbocycles. The topological polar surface area (TPSA) is 53.8 Å². The average molecular weight is 296 g/mol. The summed E-state index contributed by atoms with van der Waals surface area (Å²) in [6, 6.07) is 0. The molecule has 1 atom stereocenters. The maximum atomic E-state index is 11.2. The lowest BCUT2D eigenvalue weighted by atomic mass is 9.90. The van der Waals surface area contributed by atoms with Gasteiger partial charge in [-0.15, -0.1) is 0 Å². The van der Waals surface area contributed by atoms with Crippen LogP contribution < -0.4 is 4.74 Å². The zero-order chi connectivity index (χ0) is 15.5. The third-order valence-electron chi connectivity index (χ3n) is 4.26. The molecule has 21 heavy (non-hydrogen) atoms. The lowest BCUT2D eigenvalue weighted by molar-refractivity contribution is 0.0104. The van der Waals surface area contributed by atoms with Crippen LogP contribution in [0, 0.1) is 0 Å². The van der Waals surface area contributed by atoms with Gasteiger partial charge in [0.15, 0.2) is 5.75 Å². The predicted molar refractivity (Wildman–Crippen MR) is 82.6 cm³/mol. The quantitative estimate of drug-likeness (QED) is 0.869. The minimum atomic E-state index is -0.848. The third kappa shape index (κ3) is 3.75. The predicted octanol–water partition coefficient (Wildman–Crippen LogP) is 0.757. The molecule has 1 fully saturated rings. The number of nitrogens with zero attached hydrogens (tertiary/aromatic N) is 4. The van der Waals surface area contributed by atoms with E-state index in [-0.39, 0.29) is 0 Å². The van der Waals surface area contributed by atoms with Gasteiger partial charge in [-0.25, -0.2) is 0 Å². The molecule has 120 valence electrons. The van der Waals surface area contributed by atoms with Crippen molar-refractivity contribution < 1.29 is 9.84 Å². The van der Waals surface area contributed by atoms with E-state index in [1.165, 1.54) is 0 Å². The summed E-state index contributed by atoms with van der Waals surface area (Å²) >= 11 is 0. The number of likely N-dealkylation sites (N-methyl/N-ethyl adjacent to an activating group) is 1. The number of rotatable bonds is 5. The van der Waals surface area contributed by atoms with Gasteiger partial charge in [0.2, 0.25) is 0 Å². The van der Waals surface area contributed by atoms with E-state index in [1.807, 2.05) is 18.8 Å². The van der Waals surface area contributed by atoms with Crippen LogP contribution >= 0.6 is 0 Å². The first-order valence-corrected chi connectivity index (χ1v) is 7.62. The minimum Gasteiger partial charge on any atom is -0.493 e. The molecular formula is C15H28N4O2. The number of hydrogen-bond donors (Lipinski definition) is 1. The lowest BCUT2D eigenvalue weighted by Crippen LogP contribution is -2.32. The van der Waals surface area contributed by atoms with Crippen LogP contribution in [0.3, 0.4) is 0 Å². The normalized spacial score (nSPS) is 24.3. The van der Waals surface area contributed by atoms with Crippen LogP contribution in [0.25, 0.3) is 0 Å². The maximum absolute atomic E-state index is 11.2. The first-order chi connectivity index (χ1) is 9.96. The van der Waals surface area contributed by atoms with E-state index in [0.717, 1.165) is 44.7 Å². The van der Waals surface area contributed by atoms with E-state index < -0.39 is 5.60 Å². The Labute approximate surface area is 127 Å². The minimum absolute atomic E-state index is 0.695. The Bertz CT molecular complexity index is 461. The molecule has 6 heteroatoms. The Hall–Kier alpha value is -1.11. The van der Waals surface area contributed by atoms with E-state index >= 15 is 0 Å². The number of aromatic nitrogens is 2. The fourth-order valence-electron chi connectivity index (χ4n) is 2.94. The Morgan fingerprint density at radius 1 is 1.38 bits per heavy atom. The molecule has 0 aromatic carbocycles. The fraction of sp³-hybridized carbons (Fsp3) is 0.800. The second kappa shape index (κ2) is 6.77. The molecule has 1 aliphatic heterocycles. The van der Waals surface area contributed by atoms with Gasteiger partial charge in [-0.3, -0.25) is 4.68 Å². The van der Waals surface area contributed by atoms with E-state index in [4.69, 9.17) is 4.74 Å². The first-order valence-electron chi connectivity index (χ1n) is 7.62. The van der Waals surface area contributed by atoms with Crippen molar-refractivity contribution in [3.8, 4) is 5.75 Å². The zero-order valence-electron chi connectivity index (χ0n) is 13.7. The highest BCUT2D eigenvalue weighted by molar-refractivity contribution is 5.31. The van der Waals surface area contributed by atoms with E-state index in [2.05, 4.69) is 21.9 Å². The number of methoxy groups -OCH3 is 1. The van der Waals surface area contributed by atoms with Crippen molar-refractivity contribution in [3.05, 3.63) is 11.9 Å². The highest BCUT2D eigenvalue weighted by Gasteiger charge is 2.37. The smallest absolute Gasteiger partial charge is 0.162 e. The molecule has 1 aliphatic rings. The SMILES string of the molecule is COc1cnn(CCN(C)C)c1C1(O)CCCN(C)CC1. The second-order valence-electron chi connectivity index (χ2n) is 6.28. The molecule has 2 heterocycles. The van der Waals surface area contributed by atoms with Gasteiger partial charge in [-0.2, -0.15) is 5.10 Å². The van der Waals surface area contributed by atoms with Crippen LogP contribution in [-0.4, -0.2) is 72.6 Å². The molecule has 1 unspecified atom stereocenters. The molecule has 0 spiro atoms. The first kappa shape index (κ1) is 16.3. The van der Waals surface area contributed by atoms with Crippen LogP contribution in [0.4, 0.5) is 0 Å². The summed E-state index contributed by atoms with van der Waals surface area (Å²) in [6.45, 7) is 3.55. The van der Waals surface area contributed by atoms with Crippen LogP contribution in [0.2, 0.25) is 0 Å². The molecule has 0 saturated carbocycles. The van der Waals surface area contributed by atoms with Gasteiger partial charge in [-0.05, 0) is 47.0 Å². The second-order valence-corrected chi connectivity index (χ2v) is 6.28. The van der Waals surface area contributed by atoms with E-state index in [9.17, 15) is 5.11 Å². The van der Waals surface area contributed by atoms with Crippen molar-refractivity contribution in [2.24, 2.45) is 0 Å². The van der Waals surface area contributed by atoms with Crippen molar-refractivity contribution >= 4 is 0 Å². The van der Waals surface area contributed by atoms with Crippen molar-refractivity contribution in [2.45, 2.75) is 31.4 Å². The van der Waals surface area contributed by atoms with Gasteiger partial charge >= 0.3 is 0 Å². The summed E-state index contributed by atoms with van der Waals surface area (Å²) in [7, 11) is 7.82. The number of aliphatic hydroxyl groups is 1. The molecule has 1 aromatic heterocycles. The standard InChI is InChI=1S/C15H28N4O2/c1-17(2)10-11-19-14(13(21-4)12-16-19)15(20)6-5-8-18(3)9-7-15/h12,20H,5-11H2,1-4H3. The number of hydrogen-bond acceptors (Lipinski definition) is 5. The van der Waals surface area contributed by atoms with E-state index in [0.29, 0.717) is 12.2 Å². The van der Waals surface area contributed by atoms with Crippen molar-refractivity contribution in [2.75, 3.05) is 47.9 Å². The van der Waals surface area contributed by atoms with Crippen LogP contribution in [0.5, 0.6) is 5.75 Å². The summed E-state index contributed by atoms with van der Waals surface area (Å²) in [5.74, 6) is 0.695. The Morgan fingerprint density at radius 2 is 2.14 bits per heavy atom. The van der Waals surface area contributed by atoms with E-state index in [1.54, 1.807) is 13.3 Å². The van der Waals surface area contributed by atoms with Crippen LogP contribution in [0.1, 0.15) is 25.0 Å². The maximum Gasteiger partial charge on any atom is 0.162 e. The zero-order valence-corrected chi connectivity index (χ0v) is 13.7. The summed E-state index contributed by atoms with van der Waals surface area (Å²) < 4.78 is 7.36. The summed E-state index contributed by atoms with van der Waals surface area (Å²) in [5.41, 5.74) is -0.0130. The molecule has 0 bridgehead atoms. The number of ether oxygens (including phenoxy) is 1. The summed E-state index contributed by atoms with van der Waals surface area (Å²) in [4.78, 5) is 4.38. The molecule has 2 rings (SSSR count). The third-order valence-corrected chi connectivity index (χ3v) is 4.26. The molecule has 6 nitrogen and oxygen atoms in total. The Morgan fingerprint density at radius 3 is 2.81 bits per heavy atom. The largest absolute Gasteiger partial charge is 0.493 e. The average Bonchev–Trinajstić information content (AvgIpc) is 2.78. The van der Waals surface area contributed by atoms with Gasteiger partial charge < -0.3 is 19.6 Å². The molecule has 0 amide bonds. The van der Waals surface area contributed by atoms with Crippen LogP contribution in [0.15, 0.2) is 6.20 Å². The monoisotopic (exact) mass is 296 g/mol. The van der Waals surface area contributed by atoms with Gasteiger partial charge in [0, 0.05) is 13.1 Å². The fourth-order valence-corrected chi connectivity index (χ4v) is 2.94. The Kier molecular flexibility index (Phi) is 5.24. The van der Waals surface area contributed by atoms with Crippen LogP contribution in [-0.2, 0) is 12.1 Å². The lowest BCUT2D eigenvalue weighted by Gasteiger charge is -2.28. The molecular weight excluding hydrogens is 268 g/mol. The summed E-state index contributed by atoms with van der Waals surface area (Å²) in [6.07, 6.45) is 4.17. The van der Waals surface area contributed by atoms with Crippen molar-refractivity contribution in [1.82, 2.24) is 19.6 Å². The van der Waals surface area contributed by atoms with Crippen molar-refractivity contribution in [3.63, 3.8) is 0 Å². The van der Waals surface area contributed by atoms with Crippen molar-refractivity contribution in [1.29, 1.82) is 0 Å². The Balaban J connectivity index is 2.28. The summed E-state index contributed by atoms with van der Waals surface area (Å²) in [5, 5.41) is 15.6. The number of likely N-dealkylation sites (tertiary alicyclic amines) is 1. The van der Waals surface area contributed by atoms with Gasteiger partial charge in [0.1, 0.15) is 11.3 Å². The molecule has 0 radical (unpaired) electrons. The molecule has 1 N–H and O–H groups in total. The van der Waals surface area contributed by atoms with Gasteiger partial charge in [0.05, 0.1) is 19.9 Å². The van der Waals surface area contributed by atoms with Gasteiger partial charge in [0.25, 0.3) is 0 Å². The highest BCUT2D eigenvalue weighted by atomic mass is 16.5. The van der Waals surface area contributed by atoms with Gasteiger partial charge in [-0.1, -0.05) is 0 Å². The molecule has 1 aromatic rings.